The molecule has 1 saturated heterocycles. The summed E-state index contributed by atoms with van der Waals surface area (Å²) < 4.78 is 39.8. The second-order valence-electron chi connectivity index (χ2n) is 18.9. The highest BCUT2D eigenvalue weighted by Crippen LogP contribution is 2.38. The topological polar surface area (TPSA) is 124 Å². The van der Waals surface area contributed by atoms with E-state index in [0.717, 1.165) is 44.9 Å². The molecule has 63 heavy (non-hydrogen) atoms. The third-order valence-electron chi connectivity index (χ3n) is 11.6. The Morgan fingerprint density at radius 3 is 1.56 bits per heavy atom. The van der Waals surface area contributed by atoms with Crippen LogP contribution in [0.3, 0.4) is 0 Å². The molecule has 0 aromatic rings. The summed E-state index contributed by atoms with van der Waals surface area (Å²) in [5.74, 6) is -0.899. The van der Waals surface area contributed by atoms with Crippen molar-refractivity contribution in [1.29, 1.82) is 0 Å². The van der Waals surface area contributed by atoms with Crippen LogP contribution in [0.25, 0.3) is 0 Å². The Morgan fingerprint density at radius 1 is 0.571 bits per heavy atom. The van der Waals surface area contributed by atoms with Gasteiger partial charge in [-0.15, -0.1) is 0 Å². The summed E-state index contributed by atoms with van der Waals surface area (Å²) in [6.07, 6.45) is 49.2. The number of carbonyl (C=O) groups excluding carboxylic acids is 2. The lowest BCUT2D eigenvalue weighted by atomic mass is 10.0. The minimum Gasteiger partial charge on any atom is -0.756 e. The Labute approximate surface area is 386 Å². The number of phosphoric ester groups is 1. The van der Waals surface area contributed by atoms with E-state index in [0.29, 0.717) is 23.9 Å². The number of rotatable bonds is 46. The van der Waals surface area contributed by atoms with Gasteiger partial charge >= 0.3 is 11.9 Å². The minimum absolute atomic E-state index is 0.0411. The summed E-state index contributed by atoms with van der Waals surface area (Å²) >= 11 is 0. The molecular weight excluding hydrogens is 814 g/mol. The van der Waals surface area contributed by atoms with Crippen molar-refractivity contribution in [2.75, 3.05) is 47.5 Å². The first-order chi connectivity index (χ1) is 30.5. The highest BCUT2D eigenvalue weighted by molar-refractivity contribution is 7.45. The monoisotopic (exact) mass is 910 g/mol. The third kappa shape index (κ3) is 41.4. The maximum absolute atomic E-state index is 12.8. The molecule has 11 heteroatoms. The van der Waals surface area contributed by atoms with Crippen LogP contribution in [0.2, 0.25) is 0 Å². The molecule has 0 aromatic heterocycles. The van der Waals surface area contributed by atoms with Crippen molar-refractivity contribution >= 4 is 19.8 Å². The molecule has 0 N–H and O–H groups in total. The Morgan fingerprint density at radius 2 is 1.02 bits per heavy atom. The van der Waals surface area contributed by atoms with E-state index in [9.17, 15) is 19.0 Å². The number of hydrogen-bond donors (Lipinski definition) is 0. The average molecular weight is 910 g/mol. The molecule has 368 valence electrons. The molecule has 1 aliphatic rings. The van der Waals surface area contributed by atoms with Gasteiger partial charge in [-0.1, -0.05) is 192 Å². The first-order valence-corrected chi connectivity index (χ1v) is 27.3. The predicted octanol–water partition coefficient (Wildman–Crippen LogP) is 13.6. The number of carbonyl (C=O) groups is 2. The molecule has 1 aliphatic heterocycles. The normalized spacial score (nSPS) is 16.9. The van der Waals surface area contributed by atoms with Gasteiger partial charge in [0, 0.05) is 12.8 Å². The first kappa shape index (κ1) is 59.2. The summed E-state index contributed by atoms with van der Waals surface area (Å²) in [7, 11) is 1.13. The van der Waals surface area contributed by atoms with Crippen LogP contribution < -0.4 is 4.89 Å². The molecule has 0 radical (unpaired) electrons. The van der Waals surface area contributed by atoms with E-state index in [1.807, 2.05) is 21.1 Å². The summed E-state index contributed by atoms with van der Waals surface area (Å²) in [6, 6.07) is 0. The fourth-order valence-electron chi connectivity index (χ4n) is 7.40. The van der Waals surface area contributed by atoms with Gasteiger partial charge in [-0.25, -0.2) is 0 Å². The van der Waals surface area contributed by atoms with Crippen LogP contribution >= 0.6 is 7.82 Å². The number of hydrogen-bond acceptors (Lipinski definition) is 9. The number of epoxide rings is 1. The molecule has 0 bridgehead atoms. The molecule has 1 rings (SSSR count). The van der Waals surface area contributed by atoms with E-state index in [1.165, 1.54) is 135 Å². The zero-order chi connectivity index (χ0) is 46.1. The second-order valence-corrected chi connectivity index (χ2v) is 20.3. The molecule has 0 aromatic carbocycles. The highest BCUT2D eigenvalue weighted by atomic mass is 31.2. The molecule has 0 amide bonds. The maximum atomic E-state index is 12.8. The van der Waals surface area contributed by atoms with Gasteiger partial charge in [-0.05, 0) is 51.4 Å². The van der Waals surface area contributed by atoms with E-state index < -0.39 is 32.5 Å². The van der Waals surface area contributed by atoms with Crippen LogP contribution in [0.4, 0.5) is 0 Å². The van der Waals surface area contributed by atoms with Crippen molar-refractivity contribution in [3.8, 4) is 0 Å². The number of allylic oxidation sites excluding steroid dienone is 4. The number of phosphoric acid groups is 1. The van der Waals surface area contributed by atoms with E-state index in [1.54, 1.807) is 0 Å². The smallest absolute Gasteiger partial charge is 0.306 e. The van der Waals surface area contributed by atoms with Gasteiger partial charge in [0.05, 0.1) is 40.0 Å². The van der Waals surface area contributed by atoms with Crippen molar-refractivity contribution in [3.63, 3.8) is 0 Å². The van der Waals surface area contributed by atoms with Crippen molar-refractivity contribution in [2.24, 2.45) is 0 Å². The van der Waals surface area contributed by atoms with E-state index >= 15 is 0 Å². The standard InChI is InChI=1S/C52H96NO9P/c1-6-8-10-12-14-16-17-18-19-20-21-22-23-24-25-26-27-29-31-33-39-43-52(55)61-48(47-60-63(56,57)59-45-44-53(3,4)5)46-58-51(54)42-38-35-34-37-41-50-49(62-50)40-36-32-30-28-15-13-11-9-7-2/h15,28,32,34,36-37,48-50H,6-14,16-27,29-31,33,35,38-47H2,1-5H3/b28-15-,36-32-,37-34-/t48-,49?,50?/m1/s1. The van der Waals surface area contributed by atoms with E-state index in [-0.39, 0.29) is 38.3 Å². The lowest BCUT2D eigenvalue weighted by Gasteiger charge is -2.28. The van der Waals surface area contributed by atoms with Gasteiger partial charge in [0.1, 0.15) is 19.8 Å². The van der Waals surface area contributed by atoms with Crippen LogP contribution in [0.1, 0.15) is 219 Å². The lowest BCUT2D eigenvalue weighted by Crippen LogP contribution is -2.37. The Hall–Kier alpha value is -1.81. The first-order valence-electron chi connectivity index (χ1n) is 25.8. The summed E-state index contributed by atoms with van der Waals surface area (Å²) in [4.78, 5) is 37.8. The average Bonchev–Trinajstić information content (AvgIpc) is 4.00. The quantitative estimate of drug-likeness (QED) is 0.0147. The third-order valence-corrected chi connectivity index (χ3v) is 12.5. The summed E-state index contributed by atoms with van der Waals surface area (Å²) in [6.45, 7) is 4.15. The van der Waals surface area contributed by atoms with Crippen molar-refractivity contribution in [2.45, 2.75) is 238 Å². The van der Waals surface area contributed by atoms with Gasteiger partial charge in [0.2, 0.25) is 0 Å². The lowest BCUT2D eigenvalue weighted by molar-refractivity contribution is -0.870. The number of unbranched alkanes of at least 4 members (excludes halogenated alkanes) is 24. The van der Waals surface area contributed by atoms with Crippen LogP contribution in [0, 0.1) is 0 Å². The van der Waals surface area contributed by atoms with E-state index in [2.05, 4.69) is 50.3 Å². The molecule has 10 nitrogen and oxygen atoms in total. The van der Waals surface area contributed by atoms with Crippen molar-refractivity contribution in [1.82, 2.24) is 0 Å². The Balaban J connectivity index is 2.24. The summed E-state index contributed by atoms with van der Waals surface area (Å²) in [5, 5.41) is 0. The fraction of sp³-hybridized carbons (Fsp3) is 0.846. The van der Waals surface area contributed by atoms with Gasteiger partial charge in [0.15, 0.2) is 6.10 Å². The molecule has 3 unspecified atom stereocenters. The number of nitrogens with zero attached hydrogens (tertiary/aromatic N) is 1. The van der Waals surface area contributed by atoms with Gasteiger partial charge in [-0.2, -0.15) is 0 Å². The zero-order valence-electron chi connectivity index (χ0n) is 41.2. The minimum atomic E-state index is -4.65. The van der Waals surface area contributed by atoms with Gasteiger partial charge in [0.25, 0.3) is 7.82 Å². The van der Waals surface area contributed by atoms with Gasteiger partial charge < -0.3 is 32.6 Å². The molecular formula is C52H96NO9P. The van der Waals surface area contributed by atoms with Crippen molar-refractivity contribution in [3.05, 3.63) is 36.5 Å². The second kappa shape index (κ2) is 40.5. The predicted molar refractivity (Wildman–Crippen MR) is 258 cm³/mol. The van der Waals surface area contributed by atoms with Crippen LogP contribution in [-0.4, -0.2) is 82.2 Å². The SMILES string of the molecule is CCCCC/C=C\C/C=C\CC1OC1C/C=C\CCCC(=O)OC[C@H](COP(=O)([O-])OCC[N+](C)(C)C)OC(=O)CCCCCCCCCCCCCCCCCCCCCCC. The molecule has 0 saturated carbocycles. The Bertz CT molecular complexity index is 1230. The molecule has 1 fully saturated rings. The molecule has 0 spiro atoms. The number of quaternary nitrogens is 1. The highest BCUT2D eigenvalue weighted by Gasteiger charge is 2.36. The number of likely N-dealkylation sites (N-methyl/N-ethyl adjacent to an activating group) is 1. The molecule has 1 heterocycles. The van der Waals surface area contributed by atoms with E-state index in [4.69, 9.17) is 23.3 Å². The van der Waals surface area contributed by atoms with Crippen LogP contribution in [0.5, 0.6) is 0 Å². The van der Waals surface area contributed by atoms with Gasteiger partial charge in [-0.3, -0.25) is 14.2 Å². The maximum Gasteiger partial charge on any atom is 0.306 e. The van der Waals surface area contributed by atoms with Crippen molar-refractivity contribution < 1.29 is 46.8 Å². The Kier molecular flexibility index (Phi) is 38.0. The summed E-state index contributed by atoms with van der Waals surface area (Å²) in [5.41, 5.74) is 0. The number of ether oxygens (including phenoxy) is 3. The zero-order valence-corrected chi connectivity index (χ0v) is 42.1. The molecule has 4 atom stereocenters. The number of esters is 2. The largest absolute Gasteiger partial charge is 0.756 e. The van der Waals surface area contributed by atoms with Crippen LogP contribution in [0.15, 0.2) is 36.5 Å². The van der Waals surface area contributed by atoms with Crippen LogP contribution in [-0.2, 0) is 37.4 Å². The molecule has 0 aliphatic carbocycles. The fourth-order valence-corrected chi connectivity index (χ4v) is 8.12.